The van der Waals surface area contributed by atoms with Crippen molar-refractivity contribution in [1.82, 2.24) is 5.32 Å². The molecule has 0 aromatic heterocycles. The Morgan fingerprint density at radius 2 is 1.67 bits per heavy atom. The summed E-state index contributed by atoms with van der Waals surface area (Å²) in [6.45, 7) is 4.82. The standard InChI is InChI=1S/C18H29NO2/c1-3-4-5-6-7-8-9-10-13-19-18(21)16-14-15(2)11-12-17(16)20/h11-12,14,20H,3-10,13H2,1-2H3,(H,19,21). The van der Waals surface area contributed by atoms with Gasteiger partial charge >= 0.3 is 0 Å². The van der Waals surface area contributed by atoms with Gasteiger partial charge in [-0.15, -0.1) is 0 Å². The first-order valence-corrected chi connectivity index (χ1v) is 8.23. The predicted molar refractivity (Wildman–Crippen MR) is 87.8 cm³/mol. The number of phenols is 1. The van der Waals surface area contributed by atoms with E-state index in [1.165, 1.54) is 38.5 Å². The van der Waals surface area contributed by atoms with Crippen LogP contribution in [0.2, 0.25) is 0 Å². The Labute approximate surface area is 128 Å². The minimum atomic E-state index is -0.181. The van der Waals surface area contributed by atoms with E-state index in [-0.39, 0.29) is 11.7 Å². The maximum atomic E-state index is 12.0. The van der Waals surface area contributed by atoms with Crippen molar-refractivity contribution in [2.24, 2.45) is 0 Å². The van der Waals surface area contributed by atoms with Gasteiger partial charge in [0, 0.05) is 6.54 Å². The minimum Gasteiger partial charge on any atom is -0.507 e. The molecule has 1 rings (SSSR count). The topological polar surface area (TPSA) is 49.3 Å². The molecular weight excluding hydrogens is 262 g/mol. The fourth-order valence-corrected chi connectivity index (χ4v) is 2.39. The second-order valence-corrected chi connectivity index (χ2v) is 5.75. The van der Waals surface area contributed by atoms with E-state index in [0.717, 1.165) is 18.4 Å². The Morgan fingerprint density at radius 1 is 1.05 bits per heavy atom. The number of phenolic OH excluding ortho intramolecular Hbond substituents is 1. The normalized spacial score (nSPS) is 10.6. The van der Waals surface area contributed by atoms with Gasteiger partial charge in [0.25, 0.3) is 5.91 Å². The fourth-order valence-electron chi connectivity index (χ4n) is 2.39. The van der Waals surface area contributed by atoms with Gasteiger partial charge in [0.1, 0.15) is 5.75 Å². The molecule has 0 aliphatic heterocycles. The van der Waals surface area contributed by atoms with Crippen LogP contribution in [0.15, 0.2) is 18.2 Å². The van der Waals surface area contributed by atoms with Crippen LogP contribution in [0.4, 0.5) is 0 Å². The average Bonchev–Trinajstić information content (AvgIpc) is 2.48. The number of carbonyl (C=O) groups is 1. The molecule has 1 aromatic rings. The van der Waals surface area contributed by atoms with Crippen molar-refractivity contribution in [2.45, 2.75) is 65.2 Å². The van der Waals surface area contributed by atoms with Crippen molar-refractivity contribution < 1.29 is 9.90 Å². The van der Waals surface area contributed by atoms with Gasteiger partial charge < -0.3 is 10.4 Å². The molecule has 0 spiro atoms. The Bertz CT molecular complexity index is 429. The lowest BCUT2D eigenvalue weighted by Crippen LogP contribution is -2.24. The molecule has 0 radical (unpaired) electrons. The van der Waals surface area contributed by atoms with E-state index in [1.54, 1.807) is 18.2 Å². The number of benzene rings is 1. The Morgan fingerprint density at radius 3 is 2.33 bits per heavy atom. The molecule has 3 nitrogen and oxygen atoms in total. The van der Waals surface area contributed by atoms with Crippen LogP contribution >= 0.6 is 0 Å². The quantitative estimate of drug-likeness (QED) is 0.620. The monoisotopic (exact) mass is 291 g/mol. The summed E-state index contributed by atoms with van der Waals surface area (Å²) in [5, 5.41) is 12.6. The Hall–Kier alpha value is -1.51. The van der Waals surface area contributed by atoms with Gasteiger partial charge in [0.15, 0.2) is 0 Å². The third kappa shape index (κ3) is 7.16. The lowest BCUT2D eigenvalue weighted by Gasteiger charge is -2.07. The summed E-state index contributed by atoms with van der Waals surface area (Å²) in [7, 11) is 0. The number of hydrogen-bond donors (Lipinski definition) is 2. The van der Waals surface area contributed by atoms with Crippen LogP contribution in [-0.2, 0) is 0 Å². The Balaban J connectivity index is 2.12. The van der Waals surface area contributed by atoms with Crippen LogP contribution in [-0.4, -0.2) is 17.6 Å². The molecule has 0 aliphatic rings. The summed E-state index contributed by atoms with van der Waals surface area (Å²) in [5.41, 5.74) is 1.35. The first-order valence-electron chi connectivity index (χ1n) is 8.23. The highest BCUT2D eigenvalue weighted by Gasteiger charge is 2.10. The van der Waals surface area contributed by atoms with E-state index in [0.29, 0.717) is 12.1 Å². The van der Waals surface area contributed by atoms with Crippen LogP contribution in [0, 0.1) is 6.92 Å². The molecule has 2 N–H and O–H groups in total. The zero-order chi connectivity index (χ0) is 15.5. The average molecular weight is 291 g/mol. The van der Waals surface area contributed by atoms with E-state index in [2.05, 4.69) is 12.2 Å². The van der Waals surface area contributed by atoms with E-state index in [4.69, 9.17) is 0 Å². The number of amides is 1. The third-order valence-electron chi connectivity index (χ3n) is 3.71. The van der Waals surface area contributed by atoms with Gasteiger partial charge in [0.05, 0.1) is 5.56 Å². The number of nitrogens with one attached hydrogen (secondary N) is 1. The molecule has 0 bridgehead atoms. The first-order chi connectivity index (χ1) is 10.1. The number of carbonyl (C=O) groups excluding carboxylic acids is 1. The molecular formula is C18H29NO2. The lowest BCUT2D eigenvalue weighted by atomic mass is 10.1. The van der Waals surface area contributed by atoms with Crippen molar-refractivity contribution in [1.29, 1.82) is 0 Å². The van der Waals surface area contributed by atoms with Gasteiger partial charge in [-0.25, -0.2) is 0 Å². The predicted octanol–water partition coefficient (Wildman–Crippen LogP) is 4.57. The second-order valence-electron chi connectivity index (χ2n) is 5.75. The summed E-state index contributed by atoms with van der Waals surface area (Å²) >= 11 is 0. The van der Waals surface area contributed by atoms with Crippen LogP contribution < -0.4 is 5.32 Å². The zero-order valence-corrected chi connectivity index (χ0v) is 13.5. The highest BCUT2D eigenvalue weighted by molar-refractivity contribution is 5.96. The molecule has 0 heterocycles. The first kappa shape index (κ1) is 17.5. The van der Waals surface area contributed by atoms with Crippen molar-refractivity contribution in [3.8, 4) is 5.75 Å². The molecule has 0 unspecified atom stereocenters. The summed E-state index contributed by atoms with van der Waals surface area (Å²) < 4.78 is 0. The molecule has 0 saturated carbocycles. The molecule has 1 amide bonds. The third-order valence-corrected chi connectivity index (χ3v) is 3.71. The number of unbranched alkanes of at least 4 members (excludes halogenated alkanes) is 7. The number of rotatable bonds is 10. The molecule has 3 heteroatoms. The van der Waals surface area contributed by atoms with Crippen molar-refractivity contribution in [3.63, 3.8) is 0 Å². The van der Waals surface area contributed by atoms with Crippen LogP contribution in [0.5, 0.6) is 5.75 Å². The van der Waals surface area contributed by atoms with Gasteiger partial charge in [-0.2, -0.15) is 0 Å². The number of aryl methyl sites for hydroxylation is 1. The van der Waals surface area contributed by atoms with E-state index >= 15 is 0 Å². The fraction of sp³-hybridized carbons (Fsp3) is 0.611. The highest BCUT2D eigenvalue weighted by atomic mass is 16.3. The molecule has 0 aliphatic carbocycles. The van der Waals surface area contributed by atoms with E-state index in [9.17, 15) is 9.90 Å². The smallest absolute Gasteiger partial charge is 0.255 e. The SMILES string of the molecule is CCCCCCCCCCNC(=O)c1cc(C)ccc1O. The Kier molecular flexibility index (Phi) is 8.56. The van der Waals surface area contributed by atoms with Crippen molar-refractivity contribution >= 4 is 5.91 Å². The molecule has 0 saturated heterocycles. The largest absolute Gasteiger partial charge is 0.507 e. The van der Waals surface area contributed by atoms with Crippen LogP contribution in [0.1, 0.15) is 74.2 Å². The van der Waals surface area contributed by atoms with Gasteiger partial charge in [-0.05, 0) is 25.5 Å². The molecule has 1 aromatic carbocycles. The minimum absolute atomic E-state index is 0.0500. The van der Waals surface area contributed by atoms with Gasteiger partial charge in [-0.1, -0.05) is 63.5 Å². The van der Waals surface area contributed by atoms with Crippen molar-refractivity contribution in [2.75, 3.05) is 6.54 Å². The maximum absolute atomic E-state index is 12.0. The summed E-state index contributed by atoms with van der Waals surface area (Å²) in [4.78, 5) is 12.0. The molecule has 0 atom stereocenters. The lowest BCUT2D eigenvalue weighted by molar-refractivity contribution is 0.0950. The molecule has 118 valence electrons. The van der Waals surface area contributed by atoms with Crippen LogP contribution in [0.3, 0.4) is 0 Å². The summed E-state index contributed by atoms with van der Waals surface area (Å²) in [6, 6.07) is 5.09. The molecule has 21 heavy (non-hydrogen) atoms. The number of aromatic hydroxyl groups is 1. The van der Waals surface area contributed by atoms with E-state index < -0.39 is 0 Å². The van der Waals surface area contributed by atoms with Crippen LogP contribution in [0.25, 0.3) is 0 Å². The zero-order valence-electron chi connectivity index (χ0n) is 13.5. The molecule has 0 fully saturated rings. The van der Waals surface area contributed by atoms with E-state index in [1.807, 2.05) is 6.92 Å². The second kappa shape index (κ2) is 10.3. The summed E-state index contributed by atoms with van der Waals surface area (Å²) in [5.74, 6) is -0.131. The van der Waals surface area contributed by atoms with Gasteiger partial charge in [0.2, 0.25) is 0 Å². The summed E-state index contributed by atoms with van der Waals surface area (Å²) in [6.07, 6.45) is 10.0. The number of hydrogen-bond acceptors (Lipinski definition) is 2. The highest BCUT2D eigenvalue weighted by Crippen LogP contribution is 2.17. The van der Waals surface area contributed by atoms with Gasteiger partial charge in [-0.3, -0.25) is 4.79 Å². The van der Waals surface area contributed by atoms with Crippen molar-refractivity contribution in [3.05, 3.63) is 29.3 Å². The maximum Gasteiger partial charge on any atom is 0.255 e.